The number of ether oxygens (including phenoxy) is 1. The van der Waals surface area contributed by atoms with Crippen molar-refractivity contribution in [2.45, 2.75) is 25.5 Å². The molecule has 0 saturated carbocycles. The van der Waals surface area contributed by atoms with Crippen LogP contribution in [0.4, 0.5) is 10.1 Å². The van der Waals surface area contributed by atoms with Crippen molar-refractivity contribution >= 4 is 21.6 Å². The molecule has 0 aliphatic carbocycles. The number of anilines is 1. The largest absolute Gasteiger partial charge is 0.376 e. The van der Waals surface area contributed by atoms with Crippen molar-refractivity contribution in [2.75, 3.05) is 30.3 Å². The Balaban J connectivity index is 1.82. The number of amides is 1. The highest BCUT2D eigenvalue weighted by molar-refractivity contribution is 7.92. The van der Waals surface area contributed by atoms with Crippen LogP contribution < -0.4 is 4.31 Å². The van der Waals surface area contributed by atoms with Crippen LogP contribution in [0.2, 0.25) is 0 Å². The molecule has 29 heavy (non-hydrogen) atoms. The fraction of sp³-hybridized carbons (Fsp3) is 0.400. The maximum Gasteiger partial charge on any atom is 0.243 e. The molecule has 1 aliphatic heterocycles. The van der Waals surface area contributed by atoms with E-state index in [2.05, 4.69) is 4.98 Å². The van der Waals surface area contributed by atoms with Crippen LogP contribution in [0.25, 0.3) is 0 Å². The van der Waals surface area contributed by atoms with Crippen molar-refractivity contribution in [2.24, 2.45) is 0 Å². The summed E-state index contributed by atoms with van der Waals surface area (Å²) >= 11 is 0. The van der Waals surface area contributed by atoms with Gasteiger partial charge in [-0.05, 0) is 43.2 Å². The zero-order valence-corrected chi connectivity index (χ0v) is 17.0. The lowest BCUT2D eigenvalue weighted by Gasteiger charge is -2.29. The van der Waals surface area contributed by atoms with E-state index in [4.69, 9.17) is 4.74 Å². The number of carbonyl (C=O) groups is 1. The van der Waals surface area contributed by atoms with Crippen LogP contribution in [0.1, 0.15) is 18.5 Å². The molecule has 2 heterocycles. The molecular weight excluding hydrogens is 397 g/mol. The first-order chi connectivity index (χ1) is 13.8. The highest BCUT2D eigenvalue weighted by Crippen LogP contribution is 2.20. The first-order valence-electron chi connectivity index (χ1n) is 9.35. The second kappa shape index (κ2) is 9.32. The molecule has 156 valence electrons. The number of hydrogen-bond acceptors (Lipinski definition) is 5. The zero-order chi connectivity index (χ0) is 20.9. The predicted molar refractivity (Wildman–Crippen MR) is 107 cm³/mol. The van der Waals surface area contributed by atoms with Crippen molar-refractivity contribution in [3.8, 4) is 0 Å². The van der Waals surface area contributed by atoms with Gasteiger partial charge in [-0.25, -0.2) is 12.8 Å². The minimum atomic E-state index is -3.79. The number of aromatic nitrogens is 1. The lowest BCUT2D eigenvalue weighted by Crippen LogP contribution is -2.45. The summed E-state index contributed by atoms with van der Waals surface area (Å²) in [5.41, 5.74) is 0.797. The van der Waals surface area contributed by atoms with E-state index >= 15 is 0 Å². The van der Waals surface area contributed by atoms with Crippen LogP contribution in [-0.4, -0.2) is 56.3 Å². The molecule has 1 saturated heterocycles. The molecule has 1 fully saturated rings. The number of carbonyl (C=O) groups excluding carboxylic acids is 1. The van der Waals surface area contributed by atoms with Gasteiger partial charge in [-0.2, -0.15) is 0 Å². The molecule has 7 nitrogen and oxygen atoms in total. The molecule has 1 atom stereocenters. The third-order valence-electron chi connectivity index (χ3n) is 4.66. The van der Waals surface area contributed by atoms with Crippen LogP contribution in [0.15, 0.2) is 48.7 Å². The molecule has 1 amide bonds. The molecule has 1 aliphatic rings. The van der Waals surface area contributed by atoms with Gasteiger partial charge in [0.25, 0.3) is 0 Å². The van der Waals surface area contributed by atoms with Crippen LogP contribution in [0.5, 0.6) is 0 Å². The quantitative estimate of drug-likeness (QED) is 0.653. The Morgan fingerprint density at radius 3 is 2.72 bits per heavy atom. The van der Waals surface area contributed by atoms with Gasteiger partial charge in [0.1, 0.15) is 12.4 Å². The summed E-state index contributed by atoms with van der Waals surface area (Å²) in [7, 11) is -3.79. The smallest absolute Gasteiger partial charge is 0.243 e. The number of pyridine rings is 1. The van der Waals surface area contributed by atoms with E-state index in [0.717, 1.165) is 29.5 Å². The maximum atomic E-state index is 13.6. The fourth-order valence-corrected chi connectivity index (χ4v) is 4.07. The van der Waals surface area contributed by atoms with E-state index in [1.54, 1.807) is 23.2 Å². The second-order valence-corrected chi connectivity index (χ2v) is 8.89. The first kappa shape index (κ1) is 21.2. The molecule has 3 rings (SSSR count). The fourth-order valence-electron chi connectivity index (χ4n) is 3.23. The van der Waals surface area contributed by atoms with E-state index in [0.29, 0.717) is 18.8 Å². The van der Waals surface area contributed by atoms with Crippen molar-refractivity contribution in [3.05, 3.63) is 60.2 Å². The second-order valence-electron chi connectivity index (χ2n) is 6.98. The monoisotopic (exact) mass is 421 g/mol. The summed E-state index contributed by atoms with van der Waals surface area (Å²) in [5.74, 6) is -0.978. The molecule has 0 N–H and O–H groups in total. The van der Waals surface area contributed by atoms with Crippen LogP contribution in [-0.2, 0) is 26.1 Å². The minimum absolute atomic E-state index is 0.0940. The Labute approximate surface area is 170 Å². The molecule has 1 unspecified atom stereocenters. The van der Waals surface area contributed by atoms with Crippen LogP contribution in [0.3, 0.4) is 0 Å². The molecule has 1 aromatic carbocycles. The lowest BCUT2D eigenvalue weighted by atomic mass is 10.2. The average Bonchev–Trinajstić information content (AvgIpc) is 3.18. The summed E-state index contributed by atoms with van der Waals surface area (Å²) in [5, 5.41) is 0. The van der Waals surface area contributed by atoms with Crippen molar-refractivity contribution in [1.29, 1.82) is 0 Å². The predicted octanol–water partition coefficient (Wildman–Crippen LogP) is 2.19. The van der Waals surface area contributed by atoms with Gasteiger partial charge in [-0.3, -0.25) is 14.1 Å². The summed E-state index contributed by atoms with van der Waals surface area (Å²) < 4.78 is 44.8. The van der Waals surface area contributed by atoms with E-state index in [-0.39, 0.29) is 18.3 Å². The standard InChI is InChI=1S/C20H24FN3O4S/c1-29(26,27)24(18-8-4-6-16(21)12-18)15-20(25)23(14-19-9-5-11-28-19)13-17-7-2-3-10-22-17/h2-4,6-8,10,12,19H,5,9,11,13-15H2,1H3. The molecule has 0 radical (unpaired) electrons. The van der Waals surface area contributed by atoms with Gasteiger partial charge in [-0.1, -0.05) is 12.1 Å². The summed E-state index contributed by atoms with van der Waals surface area (Å²) in [6, 6.07) is 10.6. The molecule has 0 spiro atoms. The normalized spacial score (nSPS) is 16.6. The van der Waals surface area contributed by atoms with Gasteiger partial charge in [0.15, 0.2) is 0 Å². The van der Waals surface area contributed by atoms with Gasteiger partial charge in [0.05, 0.1) is 30.3 Å². The molecule has 9 heteroatoms. The Bertz CT molecular complexity index is 934. The first-order valence-corrected chi connectivity index (χ1v) is 11.2. The SMILES string of the molecule is CS(=O)(=O)N(CC(=O)N(Cc1ccccn1)CC1CCCO1)c1cccc(F)c1. The van der Waals surface area contributed by atoms with Crippen molar-refractivity contribution < 1.29 is 22.3 Å². The number of benzene rings is 1. The number of rotatable bonds is 8. The van der Waals surface area contributed by atoms with Gasteiger partial charge in [0.2, 0.25) is 15.9 Å². The highest BCUT2D eigenvalue weighted by Gasteiger charge is 2.27. The average molecular weight is 421 g/mol. The van der Waals surface area contributed by atoms with Crippen LogP contribution in [0, 0.1) is 5.82 Å². The number of hydrogen-bond donors (Lipinski definition) is 0. The van der Waals surface area contributed by atoms with E-state index < -0.39 is 28.3 Å². The number of nitrogens with zero attached hydrogens (tertiary/aromatic N) is 3. The van der Waals surface area contributed by atoms with Gasteiger partial charge >= 0.3 is 0 Å². The zero-order valence-electron chi connectivity index (χ0n) is 16.2. The summed E-state index contributed by atoms with van der Waals surface area (Å²) in [6.07, 6.45) is 4.30. The summed E-state index contributed by atoms with van der Waals surface area (Å²) in [6.45, 7) is 0.799. The lowest BCUT2D eigenvalue weighted by molar-refractivity contribution is -0.131. The Hall–Kier alpha value is -2.52. The summed E-state index contributed by atoms with van der Waals surface area (Å²) in [4.78, 5) is 18.9. The van der Waals surface area contributed by atoms with Crippen molar-refractivity contribution in [3.63, 3.8) is 0 Å². The van der Waals surface area contributed by atoms with Crippen molar-refractivity contribution in [1.82, 2.24) is 9.88 Å². The maximum absolute atomic E-state index is 13.6. The van der Waals surface area contributed by atoms with E-state index in [1.165, 1.54) is 18.2 Å². The number of halogens is 1. The number of sulfonamides is 1. The van der Waals surface area contributed by atoms with Gasteiger partial charge in [0, 0.05) is 19.3 Å². The molecular formula is C20H24FN3O4S. The minimum Gasteiger partial charge on any atom is -0.376 e. The Morgan fingerprint density at radius 1 is 1.28 bits per heavy atom. The Morgan fingerprint density at radius 2 is 2.10 bits per heavy atom. The van der Waals surface area contributed by atoms with Crippen LogP contribution >= 0.6 is 0 Å². The molecule has 2 aromatic rings. The van der Waals surface area contributed by atoms with E-state index in [1.807, 2.05) is 6.07 Å². The van der Waals surface area contributed by atoms with Gasteiger partial charge in [-0.15, -0.1) is 0 Å². The van der Waals surface area contributed by atoms with E-state index in [9.17, 15) is 17.6 Å². The highest BCUT2D eigenvalue weighted by atomic mass is 32.2. The van der Waals surface area contributed by atoms with Gasteiger partial charge < -0.3 is 9.64 Å². The third-order valence-corrected chi connectivity index (χ3v) is 5.80. The topological polar surface area (TPSA) is 79.8 Å². The Kier molecular flexibility index (Phi) is 6.81. The molecule has 1 aromatic heterocycles. The third kappa shape index (κ3) is 5.98. The molecule has 0 bridgehead atoms.